The van der Waals surface area contributed by atoms with Gasteiger partial charge in [0, 0.05) is 16.5 Å². The van der Waals surface area contributed by atoms with E-state index in [1.807, 2.05) is 24.3 Å². The van der Waals surface area contributed by atoms with Gasteiger partial charge in [-0.2, -0.15) is 0 Å². The van der Waals surface area contributed by atoms with Crippen LogP contribution in [0.25, 0.3) is 0 Å². The Morgan fingerprint density at radius 3 is 2.43 bits per heavy atom. The number of aliphatic carboxylic acids is 1. The fourth-order valence-corrected chi connectivity index (χ4v) is 3.24. The van der Waals surface area contributed by atoms with Crippen molar-refractivity contribution < 1.29 is 19.4 Å². The monoisotopic (exact) mass is 431 g/mol. The maximum atomic E-state index is 12.5. The predicted molar refractivity (Wildman–Crippen MR) is 95.4 cm³/mol. The number of hydrogen-bond acceptors (Lipinski definition) is 3. The van der Waals surface area contributed by atoms with Gasteiger partial charge in [-0.1, -0.05) is 12.1 Å². The highest BCUT2D eigenvalue weighted by Crippen LogP contribution is 2.34. The zero-order chi connectivity index (χ0) is 17.3. The first-order valence-electron chi connectivity index (χ1n) is 7.62. The highest BCUT2D eigenvalue weighted by Gasteiger charge is 2.51. The van der Waals surface area contributed by atoms with E-state index in [2.05, 4.69) is 22.6 Å². The second kappa shape index (κ2) is 6.67. The number of carbonyl (C=O) groups excluding carboxylic acids is 1. The lowest BCUT2D eigenvalue weighted by Crippen LogP contribution is -2.55. The second-order valence-electron chi connectivity index (χ2n) is 6.88. The standard InChI is InChI=1S/C17H22INO4/c1-16(2,3)23-15(22)19-10-4-9-17(19,14(20)21)11-12-5-7-13(18)8-6-12/h5-8H,4,9-11H2,1-3H3,(H,20,21). The fourth-order valence-electron chi connectivity index (χ4n) is 2.88. The molecule has 5 nitrogen and oxygen atoms in total. The van der Waals surface area contributed by atoms with Crippen LogP contribution in [0.1, 0.15) is 39.2 Å². The molecule has 0 aromatic heterocycles. The third-order valence-electron chi connectivity index (χ3n) is 3.91. The molecule has 1 aliphatic heterocycles. The Bertz CT molecular complexity index is 594. The first-order valence-corrected chi connectivity index (χ1v) is 8.70. The van der Waals surface area contributed by atoms with Gasteiger partial charge in [-0.05, 0) is 73.9 Å². The van der Waals surface area contributed by atoms with Crippen LogP contribution >= 0.6 is 22.6 Å². The number of carbonyl (C=O) groups is 2. The summed E-state index contributed by atoms with van der Waals surface area (Å²) >= 11 is 2.21. The lowest BCUT2D eigenvalue weighted by Gasteiger charge is -2.36. The van der Waals surface area contributed by atoms with Crippen molar-refractivity contribution in [1.29, 1.82) is 0 Å². The number of benzene rings is 1. The second-order valence-corrected chi connectivity index (χ2v) is 8.12. The molecule has 1 aliphatic rings. The molecule has 1 N–H and O–H groups in total. The van der Waals surface area contributed by atoms with Crippen molar-refractivity contribution in [2.24, 2.45) is 0 Å². The molecule has 0 spiro atoms. The Hall–Kier alpha value is -1.31. The number of carboxylic acids is 1. The number of amides is 1. The minimum atomic E-state index is -1.23. The Balaban J connectivity index is 2.29. The molecular weight excluding hydrogens is 409 g/mol. The van der Waals surface area contributed by atoms with Gasteiger partial charge in [0.15, 0.2) is 0 Å². The van der Waals surface area contributed by atoms with Crippen molar-refractivity contribution >= 4 is 34.7 Å². The third-order valence-corrected chi connectivity index (χ3v) is 4.63. The molecule has 2 rings (SSSR count). The van der Waals surface area contributed by atoms with E-state index < -0.39 is 23.2 Å². The Morgan fingerprint density at radius 2 is 1.91 bits per heavy atom. The normalized spacial score (nSPS) is 21.3. The Morgan fingerprint density at radius 1 is 1.30 bits per heavy atom. The van der Waals surface area contributed by atoms with Crippen LogP contribution in [-0.2, 0) is 16.0 Å². The topological polar surface area (TPSA) is 66.8 Å². The van der Waals surface area contributed by atoms with Crippen LogP contribution in [0.4, 0.5) is 4.79 Å². The van der Waals surface area contributed by atoms with Crippen LogP contribution < -0.4 is 0 Å². The third kappa shape index (κ3) is 4.16. The summed E-state index contributed by atoms with van der Waals surface area (Å²) in [4.78, 5) is 25.9. The van der Waals surface area contributed by atoms with Crippen LogP contribution in [0.3, 0.4) is 0 Å². The van der Waals surface area contributed by atoms with E-state index >= 15 is 0 Å². The van der Waals surface area contributed by atoms with Crippen molar-refractivity contribution in [2.75, 3.05) is 6.54 Å². The van der Waals surface area contributed by atoms with E-state index in [9.17, 15) is 14.7 Å². The van der Waals surface area contributed by atoms with Crippen LogP contribution in [0.15, 0.2) is 24.3 Å². The van der Waals surface area contributed by atoms with Gasteiger partial charge in [-0.15, -0.1) is 0 Å². The molecule has 126 valence electrons. The molecule has 1 saturated heterocycles. The number of carboxylic acid groups (broad SMARTS) is 1. The largest absolute Gasteiger partial charge is 0.479 e. The fraction of sp³-hybridized carbons (Fsp3) is 0.529. The molecule has 0 bridgehead atoms. The zero-order valence-corrected chi connectivity index (χ0v) is 15.8. The van der Waals surface area contributed by atoms with Crippen LogP contribution in [0.2, 0.25) is 0 Å². The number of nitrogens with zero attached hydrogens (tertiary/aromatic N) is 1. The predicted octanol–water partition coefficient (Wildman–Crippen LogP) is 3.69. The Labute approximate surface area is 150 Å². The summed E-state index contributed by atoms with van der Waals surface area (Å²) in [5.41, 5.74) is -0.967. The molecule has 1 fully saturated rings. The van der Waals surface area contributed by atoms with Crippen molar-refractivity contribution in [3.8, 4) is 0 Å². The molecule has 1 amide bonds. The summed E-state index contributed by atoms with van der Waals surface area (Å²) in [6, 6.07) is 7.71. The van der Waals surface area contributed by atoms with E-state index in [0.717, 1.165) is 9.13 Å². The average Bonchev–Trinajstić information content (AvgIpc) is 2.84. The number of rotatable bonds is 3. The molecule has 0 radical (unpaired) electrons. The summed E-state index contributed by atoms with van der Waals surface area (Å²) in [7, 11) is 0. The Kier molecular flexibility index (Phi) is 5.23. The van der Waals surface area contributed by atoms with Gasteiger partial charge in [0.25, 0.3) is 0 Å². The average molecular weight is 431 g/mol. The highest BCUT2D eigenvalue weighted by atomic mass is 127. The van der Waals surface area contributed by atoms with Gasteiger partial charge in [0.2, 0.25) is 0 Å². The quantitative estimate of drug-likeness (QED) is 0.742. The van der Waals surface area contributed by atoms with Crippen LogP contribution in [0, 0.1) is 3.57 Å². The van der Waals surface area contributed by atoms with E-state index in [1.165, 1.54) is 4.90 Å². The number of likely N-dealkylation sites (tertiary alicyclic amines) is 1. The van der Waals surface area contributed by atoms with E-state index in [1.54, 1.807) is 20.8 Å². The molecule has 0 aliphatic carbocycles. The summed E-state index contributed by atoms with van der Waals surface area (Å²) in [5.74, 6) is -0.973. The van der Waals surface area contributed by atoms with Crippen LogP contribution in [0.5, 0.6) is 0 Å². The lowest BCUT2D eigenvalue weighted by atomic mass is 9.88. The smallest absolute Gasteiger partial charge is 0.411 e. The van der Waals surface area contributed by atoms with E-state index in [0.29, 0.717) is 25.8 Å². The van der Waals surface area contributed by atoms with Gasteiger partial charge in [0.05, 0.1) is 0 Å². The summed E-state index contributed by atoms with van der Waals surface area (Å²) in [5, 5.41) is 9.85. The number of hydrogen-bond donors (Lipinski definition) is 1. The van der Waals surface area contributed by atoms with Gasteiger partial charge in [-0.25, -0.2) is 9.59 Å². The molecule has 0 saturated carbocycles. The minimum absolute atomic E-state index is 0.290. The SMILES string of the molecule is CC(C)(C)OC(=O)N1CCCC1(Cc1ccc(I)cc1)C(=O)O. The summed E-state index contributed by atoms with van der Waals surface area (Å²) in [6.45, 7) is 5.75. The van der Waals surface area contributed by atoms with Gasteiger partial charge in [-0.3, -0.25) is 4.90 Å². The summed E-state index contributed by atoms with van der Waals surface area (Å²) < 4.78 is 6.50. The van der Waals surface area contributed by atoms with Crippen molar-refractivity contribution in [1.82, 2.24) is 4.90 Å². The molecule has 1 unspecified atom stereocenters. The van der Waals surface area contributed by atoms with Gasteiger partial charge < -0.3 is 9.84 Å². The van der Waals surface area contributed by atoms with Crippen LogP contribution in [-0.4, -0.2) is 39.8 Å². The number of halogens is 1. The molecule has 1 aromatic rings. The van der Waals surface area contributed by atoms with Crippen molar-refractivity contribution in [3.05, 3.63) is 33.4 Å². The first-order chi connectivity index (χ1) is 10.6. The maximum Gasteiger partial charge on any atom is 0.411 e. The van der Waals surface area contributed by atoms with Gasteiger partial charge >= 0.3 is 12.1 Å². The van der Waals surface area contributed by atoms with Gasteiger partial charge in [0.1, 0.15) is 11.1 Å². The summed E-state index contributed by atoms with van der Waals surface area (Å²) in [6.07, 6.45) is 0.838. The molecule has 1 heterocycles. The zero-order valence-electron chi connectivity index (χ0n) is 13.6. The minimum Gasteiger partial charge on any atom is -0.479 e. The number of ether oxygens (including phenoxy) is 1. The molecule has 1 atom stereocenters. The van der Waals surface area contributed by atoms with Crippen molar-refractivity contribution in [2.45, 2.75) is 51.2 Å². The highest BCUT2D eigenvalue weighted by molar-refractivity contribution is 14.1. The molecule has 1 aromatic carbocycles. The van der Waals surface area contributed by atoms with E-state index in [4.69, 9.17) is 4.74 Å². The molecule has 6 heteroatoms. The first kappa shape index (κ1) is 18.0. The van der Waals surface area contributed by atoms with E-state index in [-0.39, 0.29) is 0 Å². The molecular formula is C17H22INO4. The maximum absolute atomic E-state index is 12.5. The molecule has 23 heavy (non-hydrogen) atoms. The van der Waals surface area contributed by atoms with Crippen molar-refractivity contribution in [3.63, 3.8) is 0 Å². The lowest BCUT2D eigenvalue weighted by molar-refractivity contribution is -0.149.